The van der Waals surface area contributed by atoms with Crippen LogP contribution in [0.25, 0.3) is 11.1 Å². The minimum absolute atomic E-state index is 0.180. The highest BCUT2D eigenvalue weighted by atomic mass is 16.4. The van der Waals surface area contributed by atoms with Gasteiger partial charge in [0.25, 0.3) is 0 Å². The molecule has 1 saturated carbocycles. The average molecular weight is 245 g/mol. The molecule has 94 valence electrons. The lowest BCUT2D eigenvalue weighted by Crippen LogP contribution is -2.58. The predicted molar refractivity (Wildman–Crippen MR) is 67.1 cm³/mol. The Morgan fingerprint density at radius 2 is 2.06 bits per heavy atom. The van der Waals surface area contributed by atoms with Crippen molar-refractivity contribution in [2.75, 3.05) is 0 Å². The minimum atomic E-state index is -0.340. The summed E-state index contributed by atoms with van der Waals surface area (Å²) in [6.07, 6.45) is 4.58. The zero-order valence-electron chi connectivity index (χ0n) is 10.5. The molecule has 0 N–H and O–H groups in total. The molecule has 1 aromatic heterocycles. The number of benzene rings is 1. The van der Waals surface area contributed by atoms with Crippen LogP contribution >= 0.6 is 0 Å². The van der Waals surface area contributed by atoms with Crippen LogP contribution in [0.15, 0.2) is 33.5 Å². The van der Waals surface area contributed by atoms with Gasteiger partial charge in [0, 0.05) is 17.4 Å². The molecule has 2 unspecified atom stereocenters. The van der Waals surface area contributed by atoms with Crippen molar-refractivity contribution in [1.29, 1.82) is 0 Å². The second-order valence-corrected chi connectivity index (χ2v) is 5.11. The number of hydrogen-bond acceptors (Lipinski definition) is 3. The zero-order valence-corrected chi connectivity index (χ0v) is 10.5. The first-order chi connectivity index (χ1) is 8.75. The van der Waals surface area contributed by atoms with Gasteiger partial charge in [0.2, 0.25) is 0 Å². The molecule has 0 bridgehead atoms. The van der Waals surface area contributed by atoms with Crippen LogP contribution in [0, 0.1) is 5.92 Å². The molecular weight excluding hydrogens is 228 g/mol. The summed E-state index contributed by atoms with van der Waals surface area (Å²) < 4.78 is 6.89. The molecule has 0 saturated heterocycles. The second-order valence-electron chi connectivity index (χ2n) is 5.11. The van der Waals surface area contributed by atoms with E-state index in [9.17, 15) is 4.79 Å². The predicted octanol–water partition coefficient (Wildman–Crippen LogP) is 2.23. The van der Waals surface area contributed by atoms with E-state index < -0.39 is 0 Å². The maximum atomic E-state index is 12.0. The third-order valence-electron chi connectivity index (χ3n) is 3.85. The Morgan fingerprint density at radius 3 is 2.89 bits per heavy atom. The topological polar surface area (TPSA) is 47.0 Å². The summed E-state index contributed by atoms with van der Waals surface area (Å²) in [5, 5.41) is 4.46. The molecule has 1 aliphatic carbocycles. The van der Waals surface area contributed by atoms with Gasteiger partial charge in [-0.25, -0.2) is 0 Å². The number of nitrogens with zero attached hydrogens (tertiary/aromatic N) is 2. The smallest absolute Gasteiger partial charge is 0.368 e. The summed E-state index contributed by atoms with van der Waals surface area (Å²) in [6, 6.07) is 7.59. The van der Waals surface area contributed by atoms with E-state index in [1.54, 1.807) is 10.7 Å². The first-order valence-corrected chi connectivity index (χ1v) is 6.57. The van der Waals surface area contributed by atoms with E-state index in [-0.39, 0.29) is 11.8 Å². The molecule has 1 fully saturated rings. The highest BCUT2D eigenvalue weighted by molar-refractivity contribution is 5.69. The van der Waals surface area contributed by atoms with E-state index in [1.807, 2.05) is 18.2 Å². The third kappa shape index (κ3) is 1.92. The molecule has 0 aliphatic heterocycles. The number of fused-ring (bicyclic) bond motifs is 1. The fourth-order valence-corrected chi connectivity index (χ4v) is 2.79. The molecule has 0 amide bonds. The van der Waals surface area contributed by atoms with Gasteiger partial charge in [0.1, 0.15) is 0 Å². The normalized spacial score (nSPS) is 24.3. The highest BCUT2D eigenvalue weighted by Crippen LogP contribution is 2.28. The van der Waals surface area contributed by atoms with Crippen LogP contribution in [0.2, 0.25) is 0 Å². The van der Waals surface area contributed by atoms with Gasteiger partial charge < -0.3 is 4.42 Å². The SMILES string of the molecule is CC1CCCCC1[n+]1nc2ccccc2oc1=O. The molecule has 18 heavy (non-hydrogen) atoms. The van der Waals surface area contributed by atoms with Crippen molar-refractivity contribution in [3.63, 3.8) is 0 Å². The van der Waals surface area contributed by atoms with Crippen LogP contribution in [-0.4, -0.2) is 5.10 Å². The van der Waals surface area contributed by atoms with Crippen LogP contribution in [0.1, 0.15) is 38.6 Å². The number of aromatic nitrogens is 2. The lowest BCUT2D eigenvalue weighted by Gasteiger charge is -2.21. The van der Waals surface area contributed by atoms with Gasteiger partial charge in [-0.3, -0.25) is 0 Å². The summed E-state index contributed by atoms with van der Waals surface area (Å²) in [6.45, 7) is 2.19. The van der Waals surface area contributed by atoms with E-state index in [2.05, 4.69) is 12.0 Å². The first kappa shape index (κ1) is 11.4. The van der Waals surface area contributed by atoms with E-state index >= 15 is 0 Å². The molecule has 4 heteroatoms. The molecule has 1 heterocycles. The highest BCUT2D eigenvalue weighted by Gasteiger charge is 2.34. The monoisotopic (exact) mass is 245 g/mol. The lowest BCUT2D eigenvalue weighted by molar-refractivity contribution is -0.804. The summed E-state index contributed by atoms with van der Waals surface area (Å²) in [5.74, 6) is 0.146. The fraction of sp³-hybridized carbons (Fsp3) is 0.500. The molecule has 3 rings (SSSR count). The van der Waals surface area contributed by atoms with Crippen LogP contribution in [-0.2, 0) is 0 Å². The molecule has 4 nitrogen and oxygen atoms in total. The van der Waals surface area contributed by atoms with E-state index in [0.717, 1.165) is 24.8 Å². The molecular formula is C14H17N2O2+. The van der Waals surface area contributed by atoms with Crippen molar-refractivity contribution in [1.82, 2.24) is 5.10 Å². The minimum Gasteiger partial charge on any atom is -0.368 e. The van der Waals surface area contributed by atoms with Gasteiger partial charge in [0.15, 0.2) is 17.1 Å². The summed E-state index contributed by atoms with van der Waals surface area (Å²) in [5.41, 5.74) is 1.30. The molecule has 1 aliphatic rings. The average Bonchev–Trinajstić information content (AvgIpc) is 2.39. The Balaban J connectivity index is 2.10. The standard InChI is InChI=1S/C14H17N2O2/c1-10-6-2-4-8-12(10)16-14(17)18-13-9-5-3-7-11(13)15-16/h3,5,7,9-10,12H,2,4,6,8H2,1H3/q+1. The van der Waals surface area contributed by atoms with Crippen LogP contribution in [0.4, 0.5) is 0 Å². The molecule has 2 atom stereocenters. The van der Waals surface area contributed by atoms with Crippen LogP contribution in [0.5, 0.6) is 0 Å². The number of para-hydroxylation sites is 1. The Morgan fingerprint density at radius 1 is 1.28 bits per heavy atom. The van der Waals surface area contributed by atoms with Crippen molar-refractivity contribution in [3.8, 4) is 0 Å². The van der Waals surface area contributed by atoms with Crippen molar-refractivity contribution < 1.29 is 9.10 Å². The van der Waals surface area contributed by atoms with Gasteiger partial charge in [-0.15, -0.1) is 0 Å². The van der Waals surface area contributed by atoms with Gasteiger partial charge in [-0.2, -0.15) is 4.79 Å². The first-order valence-electron chi connectivity index (χ1n) is 6.57. The lowest BCUT2D eigenvalue weighted by atomic mass is 9.86. The molecule has 0 spiro atoms. The van der Waals surface area contributed by atoms with Gasteiger partial charge in [-0.1, -0.05) is 25.5 Å². The third-order valence-corrected chi connectivity index (χ3v) is 3.85. The summed E-state index contributed by atoms with van der Waals surface area (Å²) >= 11 is 0. The molecule has 0 radical (unpaired) electrons. The van der Waals surface area contributed by atoms with E-state index in [0.29, 0.717) is 11.5 Å². The Hall–Kier alpha value is -1.71. The molecule has 1 aromatic carbocycles. The van der Waals surface area contributed by atoms with Crippen molar-refractivity contribution >= 4 is 11.1 Å². The number of hydrogen-bond donors (Lipinski definition) is 0. The van der Waals surface area contributed by atoms with E-state index in [1.165, 1.54) is 6.42 Å². The summed E-state index contributed by atoms with van der Waals surface area (Å²) in [4.78, 5) is 12.0. The van der Waals surface area contributed by atoms with Gasteiger partial charge in [-0.05, 0) is 29.7 Å². The van der Waals surface area contributed by atoms with Crippen molar-refractivity contribution in [3.05, 3.63) is 34.8 Å². The maximum absolute atomic E-state index is 12.0. The Kier molecular flexibility index (Phi) is 2.86. The van der Waals surface area contributed by atoms with Crippen LogP contribution in [0.3, 0.4) is 0 Å². The zero-order chi connectivity index (χ0) is 12.5. The quantitative estimate of drug-likeness (QED) is 0.724. The Bertz CT molecular complexity index is 620. The largest absolute Gasteiger partial charge is 0.628 e. The Labute approximate surface area is 105 Å². The van der Waals surface area contributed by atoms with Crippen molar-refractivity contribution in [2.24, 2.45) is 5.92 Å². The second kappa shape index (κ2) is 4.52. The van der Waals surface area contributed by atoms with Gasteiger partial charge >= 0.3 is 5.76 Å². The van der Waals surface area contributed by atoms with Crippen molar-refractivity contribution in [2.45, 2.75) is 38.6 Å². The van der Waals surface area contributed by atoms with Gasteiger partial charge in [0.05, 0.1) is 0 Å². The molecule has 2 aromatic rings. The maximum Gasteiger partial charge on any atom is 0.628 e. The van der Waals surface area contributed by atoms with Crippen LogP contribution < -0.4 is 10.4 Å². The summed E-state index contributed by atoms with van der Waals surface area (Å²) in [7, 11) is 0. The van der Waals surface area contributed by atoms with E-state index in [4.69, 9.17) is 4.42 Å². The number of rotatable bonds is 1. The fourth-order valence-electron chi connectivity index (χ4n) is 2.79.